The van der Waals surface area contributed by atoms with E-state index in [1.807, 2.05) is 24.4 Å². The SMILES string of the molecule is CCN(CC)CCCC(C)Nc1ccnc2ccc(OC)nc12. The zero-order valence-corrected chi connectivity index (χ0v) is 14.7. The third kappa shape index (κ3) is 4.79. The molecule has 2 heterocycles. The molecule has 0 aliphatic carbocycles. The maximum atomic E-state index is 5.23. The van der Waals surface area contributed by atoms with E-state index in [9.17, 15) is 0 Å². The molecule has 126 valence electrons. The number of pyridine rings is 2. The van der Waals surface area contributed by atoms with Crippen LogP contribution in [-0.4, -0.2) is 47.7 Å². The largest absolute Gasteiger partial charge is 0.481 e. The zero-order valence-electron chi connectivity index (χ0n) is 14.7. The molecule has 1 atom stereocenters. The van der Waals surface area contributed by atoms with E-state index in [0.29, 0.717) is 11.9 Å². The van der Waals surface area contributed by atoms with Crippen molar-refractivity contribution in [2.75, 3.05) is 32.1 Å². The summed E-state index contributed by atoms with van der Waals surface area (Å²) in [5.74, 6) is 0.614. The van der Waals surface area contributed by atoms with Crippen molar-refractivity contribution in [1.82, 2.24) is 14.9 Å². The Hall–Kier alpha value is -1.88. The van der Waals surface area contributed by atoms with Gasteiger partial charge < -0.3 is 15.0 Å². The van der Waals surface area contributed by atoms with Crippen LogP contribution in [0.5, 0.6) is 5.88 Å². The van der Waals surface area contributed by atoms with E-state index >= 15 is 0 Å². The van der Waals surface area contributed by atoms with Gasteiger partial charge in [0.15, 0.2) is 0 Å². The molecule has 2 aromatic rings. The highest BCUT2D eigenvalue weighted by Gasteiger charge is 2.09. The summed E-state index contributed by atoms with van der Waals surface area (Å²) >= 11 is 0. The Kier molecular flexibility index (Phi) is 6.59. The predicted molar refractivity (Wildman–Crippen MR) is 96.2 cm³/mol. The van der Waals surface area contributed by atoms with E-state index in [-0.39, 0.29) is 0 Å². The lowest BCUT2D eigenvalue weighted by atomic mass is 10.1. The van der Waals surface area contributed by atoms with Crippen LogP contribution in [0.3, 0.4) is 0 Å². The fourth-order valence-electron chi connectivity index (χ4n) is 2.74. The van der Waals surface area contributed by atoms with Crippen molar-refractivity contribution >= 4 is 16.7 Å². The van der Waals surface area contributed by atoms with Gasteiger partial charge in [0.05, 0.1) is 18.3 Å². The first-order chi connectivity index (χ1) is 11.2. The fourth-order valence-corrected chi connectivity index (χ4v) is 2.74. The van der Waals surface area contributed by atoms with E-state index in [0.717, 1.165) is 42.8 Å². The molecule has 0 fully saturated rings. The lowest BCUT2D eigenvalue weighted by Gasteiger charge is -2.20. The smallest absolute Gasteiger partial charge is 0.213 e. The first kappa shape index (κ1) is 17.5. The third-order valence-electron chi connectivity index (χ3n) is 4.18. The van der Waals surface area contributed by atoms with Crippen LogP contribution in [0.4, 0.5) is 5.69 Å². The Balaban J connectivity index is 2.00. The maximum Gasteiger partial charge on any atom is 0.213 e. The van der Waals surface area contributed by atoms with Gasteiger partial charge in [-0.2, -0.15) is 0 Å². The lowest BCUT2D eigenvalue weighted by molar-refractivity contribution is 0.295. The highest BCUT2D eigenvalue weighted by molar-refractivity contribution is 5.87. The van der Waals surface area contributed by atoms with E-state index < -0.39 is 0 Å². The van der Waals surface area contributed by atoms with Gasteiger partial charge in [-0.1, -0.05) is 13.8 Å². The molecular formula is C18H28N4O. The monoisotopic (exact) mass is 316 g/mol. The van der Waals surface area contributed by atoms with Gasteiger partial charge in [-0.15, -0.1) is 0 Å². The summed E-state index contributed by atoms with van der Waals surface area (Å²) in [6.45, 7) is 10.0. The van der Waals surface area contributed by atoms with E-state index in [1.165, 1.54) is 6.42 Å². The predicted octanol–water partition coefficient (Wildman–Crippen LogP) is 3.56. The van der Waals surface area contributed by atoms with E-state index in [2.05, 4.69) is 41.0 Å². The first-order valence-corrected chi connectivity index (χ1v) is 8.46. The number of aromatic nitrogens is 2. The summed E-state index contributed by atoms with van der Waals surface area (Å²) in [5.41, 5.74) is 2.76. The van der Waals surface area contributed by atoms with Gasteiger partial charge in [-0.05, 0) is 51.5 Å². The van der Waals surface area contributed by atoms with Crippen LogP contribution in [0, 0.1) is 0 Å². The van der Waals surface area contributed by atoms with Crippen molar-refractivity contribution in [3.8, 4) is 5.88 Å². The van der Waals surface area contributed by atoms with Crippen molar-refractivity contribution in [1.29, 1.82) is 0 Å². The van der Waals surface area contributed by atoms with Gasteiger partial charge in [0.1, 0.15) is 5.52 Å². The fraction of sp³-hybridized carbons (Fsp3) is 0.556. The topological polar surface area (TPSA) is 50.3 Å². The minimum atomic E-state index is 0.393. The van der Waals surface area contributed by atoms with Gasteiger partial charge in [-0.25, -0.2) is 4.98 Å². The number of nitrogens with one attached hydrogen (secondary N) is 1. The number of nitrogens with zero attached hydrogens (tertiary/aromatic N) is 3. The summed E-state index contributed by atoms with van der Waals surface area (Å²) in [4.78, 5) is 11.4. The molecule has 2 rings (SSSR count). The quantitative estimate of drug-likeness (QED) is 0.766. The molecule has 0 amide bonds. The molecule has 0 aliphatic heterocycles. The second-order valence-electron chi connectivity index (χ2n) is 5.79. The maximum absolute atomic E-state index is 5.23. The molecule has 5 nitrogen and oxygen atoms in total. The van der Waals surface area contributed by atoms with Gasteiger partial charge in [0.25, 0.3) is 0 Å². The average Bonchev–Trinajstić information content (AvgIpc) is 2.58. The minimum Gasteiger partial charge on any atom is -0.481 e. The molecule has 0 saturated heterocycles. The minimum absolute atomic E-state index is 0.393. The number of hydrogen-bond acceptors (Lipinski definition) is 5. The molecule has 2 aromatic heterocycles. The number of hydrogen-bond donors (Lipinski definition) is 1. The molecule has 1 unspecified atom stereocenters. The van der Waals surface area contributed by atoms with Crippen molar-refractivity contribution in [3.63, 3.8) is 0 Å². The van der Waals surface area contributed by atoms with Crippen LogP contribution in [-0.2, 0) is 0 Å². The highest BCUT2D eigenvalue weighted by atomic mass is 16.5. The molecule has 0 saturated carbocycles. The number of ether oxygens (including phenoxy) is 1. The second-order valence-corrected chi connectivity index (χ2v) is 5.79. The molecule has 0 bridgehead atoms. The number of fused-ring (bicyclic) bond motifs is 1. The number of anilines is 1. The second kappa shape index (κ2) is 8.67. The molecule has 0 radical (unpaired) electrons. The zero-order chi connectivity index (χ0) is 16.7. The van der Waals surface area contributed by atoms with Gasteiger partial charge in [0, 0.05) is 18.3 Å². The Morgan fingerprint density at radius 1 is 1.22 bits per heavy atom. The molecular weight excluding hydrogens is 288 g/mol. The Bertz CT molecular complexity index is 613. The lowest BCUT2D eigenvalue weighted by Crippen LogP contribution is -2.25. The van der Waals surface area contributed by atoms with E-state index in [1.54, 1.807) is 7.11 Å². The Morgan fingerprint density at radius 2 is 2.00 bits per heavy atom. The standard InChI is InChI=1S/C18H28N4O/c1-5-22(6-2)13-7-8-14(3)20-16-11-12-19-15-9-10-17(23-4)21-18(15)16/h9-12,14H,5-8,13H2,1-4H3,(H,19,20). The van der Waals surface area contributed by atoms with Crippen LogP contribution < -0.4 is 10.1 Å². The van der Waals surface area contributed by atoms with Gasteiger partial charge in [-0.3, -0.25) is 4.98 Å². The summed E-state index contributed by atoms with van der Waals surface area (Å²) in [5, 5.41) is 3.57. The van der Waals surface area contributed by atoms with Crippen LogP contribution in [0.25, 0.3) is 11.0 Å². The summed E-state index contributed by atoms with van der Waals surface area (Å²) in [6.07, 6.45) is 4.14. The summed E-state index contributed by atoms with van der Waals surface area (Å²) in [7, 11) is 1.63. The molecule has 1 N–H and O–H groups in total. The van der Waals surface area contributed by atoms with E-state index in [4.69, 9.17) is 4.74 Å². The first-order valence-electron chi connectivity index (χ1n) is 8.46. The van der Waals surface area contributed by atoms with Gasteiger partial charge in [0.2, 0.25) is 5.88 Å². The van der Waals surface area contributed by atoms with Crippen LogP contribution >= 0.6 is 0 Å². The Labute approximate surface area is 139 Å². The molecule has 23 heavy (non-hydrogen) atoms. The van der Waals surface area contributed by atoms with Crippen LogP contribution in [0.15, 0.2) is 24.4 Å². The summed E-state index contributed by atoms with van der Waals surface area (Å²) < 4.78 is 5.23. The number of rotatable bonds is 9. The van der Waals surface area contributed by atoms with Crippen molar-refractivity contribution < 1.29 is 4.74 Å². The van der Waals surface area contributed by atoms with Gasteiger partial charge >= 0.3 is 0 Å². The highest BCUT2D eigenvalue weighted by Crippen LogP contribution is 2.23. The Morgan fingerprint density at radius 3 is 2.70 bits per heavy atom. The third-order valence-corrected chi connectivity index (χ3v) is 4.18. The van der Waals surface area contributed by atoms with Crippen LogP contribution in [0.1, 0.15) is 33.6 Å². The van der Waals surface area contributed by atoms with Crippen molar-refractivity contribution in [2.45, 2.75) is 39.7 Å². The molecule has 0 aliphatic rings. The molecule has 0 spiro atoms. The van der Waals surface area contributed by atoms with Crippen molar-refractivity contribution in [2.24, 2.45) is 0 Å². The normalized spacial score (nSPS) is 12.6. The molecule has 5 heteroatoms. The molecule has 0 aromatic carbocycles. The van der Waals surface area contributed by atoms with Crippen molar-refractivity contribution in [3.05, 3.63) is 24.4 Å². The number of methoxy groups -OCH3 is 1. The summed E-state index contributed by atoms with van der Waals surface area (Å²) in [6, 6.07) is 6.16. The van der Waals surface area contributed by atoms with Crippen LogP contribution in [0.2, 0.25) is 0 Å². The average molecular weight is 316 g/mol.